The van der Waals surface area contributed by atoms with Gasteiger partial charge in [-0.05, 0) is 6.92 Å². The maximum atomic E-state index is 4.52. The predicted molar refractivity (Wildman–Crippen MR) is 55.9 cm³/mol. The van der Waals surface area contributed by atoms with E-state index >= 15 is 0 Å². The van der Waals surface area contributed by atoms with Crippen molar-refractivity contribution in [1.29, 1.82) is 0 Å². The second kappa shape index (κ2) is 3.36. The van der Waals surface area contributed by atoms with Crippen molar-refractivity contribution >= 4 is 0 Å². The molecule has 0 aromatic carbocycles. The van der Waals surface area contributed by atoms with Crippen LogP contribution in [0.25, 0.3) is 0 Å². The van der Waals surface area contributed by atoms with Crippen LogP contribution < -0.4 is 0 Å². The highest BCUT2D eigenvalue weighted by Gasteiger charge is 2.17. The SMILES string of the molecule is C=CCn1cc(C(C)(C)C)nc1C. The summed E-state index contributed by atoms with van der Waals surface area (Å²) in [4.78, 5) is 4.52. The van der Waals surface area contributed by atoms with E-state index in [1.807, 2.05) is 13.0 Å². The van der Waals surface area contributed by atoms with Crippen LogP contribution in [0.1, 0.15) is 32.3 Å². The summed E-state index contributed by atoms with van der Waals surface area (Å²) >= 11 is 0. The largest absolute Gasteiger partial charge is 0.331 e. The molecule has 0 aliphatic heterocycles. The van der Waals surface area contributed by atoms with Crippen LogP contribution in [-0.2, 0) is 12.0 Å². The Morgan fingerprint density at radius 3 is 2.54 bits per heavy atom. The van der Waals surface area contributed by atoms with Crippen LogP contribution >= 0.6 is 0 Å². The topological polar surface area (TPSA) is 17.8 Å². The molecule has 0 fully saturated rings. The van der Waals surface area contributed by atoms with E-state index in [1.54, 1.807) is 0 Å². The minimum atomic E-state index is 0.136. The first kappa shape index (κ1) is 10.0. The molecule has 0 unspecified atom stereocenters. The molecule has 0 N–H and O–H groups in total. The third kappa shape index (κ3) is 2.20. The molecular formula is C11H18N2. The number of rotatable bonds is 2. The first-order valence-electron chi connectivity index (χ1n) is 4.60. The number of aromatic nitrogens is 2. The summed E-state index contributed by atoms with van der Waals surface area (Å²) in [7, 11) is 0. The van der Waals surface area contributed by atoms with Gasteiger partial charge in [-0.1, -0.05) is 26.8 Å². The fourth-order valence-corrected chi connectivity index (χ4v) is 1.19. The van der Waals surface area contributed by atoms with Gasteiger partial charge in [-0.15, -0.1) is 6.58 Å². The lowest BCUT2D eigenvalue weighted by Gasteiger charge is -2.13. The van der Waals surface area contributed by atoms with Crippen LogP contribution in [0.4, 0.5) is 0 Å². The number of imidazole rings is 1. The van der Waals surface area contributed by atoms with Crippen molar-refractivity contribution in [3.8, 4) is 0 Å². The lowest BCUT2D eigenvalue weighted by Crippen LogP contribution is -2.11. The third-order valence-electron chi connectivity index (χ3n) is 2.07. The average Bonchev–Trinajstić information content (AvgIpc) is 2.32. The third-order valence-corrected chi connectivity index (χ3v) is 2.07. The van der Waals surface area contributed by atoms with E-state index in [1.165, 1.54) is 0 Å². The van der Waals surface area contributed by atoms with Crippen molar-refractivity contribution in [1.82, 2.24) is 9.55 Å². The summed E-state index contributed by atoms with van der Waals surface area (Å²) in [6.07, 6.45) is 4.00. The standard InChI is InChI=1S/C11H18N2/c1-6-7-13-8-10(11(3,4)5)12-9(13)2/h6,8H,1,7H2,2-5H3. The van der Waals surface area contributed by atoms with Gasteiger partial charge in [0.2, 0.25) is 0 Å². The lowest BCUT2D eigenvalue weighted by molar-refractivity contribution is 0.571. The summed E-state index contributed by atoms with van der Waals surface area (Å²) in [6, 6.07) is 0. The lowest BCUT2D eigenvalue weighted by atomic mass is 9.93. The predicted octanol–water partition coefficient (Wildman–Crippen LogP) is 2.68. The Morgan fingerprint density at radius 2 is 2.15 bits per heavy atom. The highest BCUT2D eigenvalue weighted by molar-refractivity contribution is 5.13. The molecule has 0 saturated heterocycles. The van der Waals surface area contributed by atoms with E-state index in [0.717, 1.165) is 18.1 Å². The summed E-state index contributed by atoms with van der Waals surface area (Å²) in [5, 5.41) is 0. The van der Waals surface area contributed by atoms with E-state index < -0.39 is 0 Å². The normalized spacial score (nSPS) is 11.7. The monoisotopic (exact) mass is 178 g/mol. The molecule has 0 saturated carbocycles. The molecule has 72 valence electrons. The number of nitrogens with zero attached hydrogens (tertiary/aromatic N) is 2. The molecule has 2 heteroatoms. The summed E-state index contributed by atoms with van der Waals surface area (Å²) in [5.41, 5.74) is 1.28. The molecule has 13 heavy (non-hydrogen) atoms. The summed E-state index contributed by atoms with van der Waals surface area (Å²) in [6.45, 7) is 13.1. The van der Waals surface area contributed by atoms with E-state index in [0.29, 0.717) is 0 Å². The van der Waals surface area contributed by atoms with Crippen molar-refractivity contribution in [3.63, 3.8) is 0 Å². The van der Waals surface area contributed by atoms with Gasteiger partial charge >= 0.3 is 0 Å². The minimum absolute atomic E-state index is 0.136. The Hall–Kier alpha value is -1.05. The molecule has 0 bridgehead atoms. The first-order valence-corrected chi connectivity index (χ1v) is 4.60. The van der Waals surface area contributed by atoms with Gasteiger partial charge in [0.25, 0.3) is 0 Å². The number of aryl methyl sites for hydroxylation is 1. The maximum absolute atomic E-state index is 4.52. The highest BCUT2D eigenvalue weighted by Crippen LogP contribution is 2.20. The van der Waals surface area contributed by atoms with Gasteiger partial charge in [0.1, 0.15) is 5.82 Å². The molecule has 0 aliphatic rings. The number of hydrogen-bond donors (Lipinski definition) is 0. The molecule has 1 aromatic rings. The smallest absolute Gasteiger partial charge is 0.106 e. The first-order chi connectivity index (χ1) is 5.95. The Morgan fingerprint density at radius 1 is 1.54 bits per heavy atom. The summed E-state index contributed by atoms with van der Waals surface area (Å²) < 4.78 is 2.12. The molecule has 0 atom stereocenters. The zero-order valence-electron chi connectivity index (χ0n) is 8.96. The van der Waals surface area contributed by atoms with Crippen molar-refractivity contribution in [2.75, 3.05) is 0 Å². The molecule has 0 spiro atoms. The van der Waals surface area contributed by atoms with Crippen molar-refractivity contribution < 1.29 is 0 Å². The number of hydrogen-bond acceptors (Lipinski definition) is 1. The average molecular weight is 178 g/mol. The fraction of sp³-hybridized carbons (Fsp3) is 0.545. The molecule has 1 aromatic heterocycles. The van der Waals surface area contributed by atoms with Gasteiger partial charge in [0.15, 0.2) is 0 Å². The Kier molecular flexibility index (Phi) is 2.60. The van der Waals surface area contributed by atoms with Crippen molar-refractivity contribution in [2.24, 2.45) is 0 Å². The Balaban J connectivity index is 3.01. The quantitative estimate of drug-likeness (QED) is 0.637. The van der Waals surface area contributed by atoms with Gasteiger partial charge in [-0.2, -0.15) is 0 Å². The van der Waals surface area contributed by atoms with E-state index in [2.05, 4.69) is 43.1 Å². The van der Waals surface area contributed by atoms with Gasteiger partial charge in [-0.25, -0.2) is 4.98 Å². The second-order valence-corrected chi connectivity index (χ2v) is 4.36. The van der Waals surface area contributed by atoms with Crippen LogP contribution in [0.5, 0.6) is 0 Å². The van der Waals surface area contributed by atoms with Crippen LogP contribution in [0, 0.1) is 6.92 Å². The number of allylic oxidation sites excluding steroid dienone is 1. The molecule has 0 radical (unpaired) electrons. The van der Waals surface area contributed by atoms with E-state index in [9.17, 15) is 0 Å². The second-order valence-electron chi connectivity index (χ2n) is 4.36. The van der Waals surface area contributed by atoms with Crippen molar-refractivity contribution in [2.45, 2.75) is 39.7 Å². The zero-order chi connectivity index (χ0) is 10.1. The van der Waals surface area contributed by atoms with Gasteiger partial charge in [0.05, 0.1) is 5.69 Å². The Labute approximate surface area is 80.3 Å². The minimum Gasteiger partial charge on any atom is -0.331 e. The highest BCUT2D eigenvalue weighted by atomic mass is 15.1. The molecular weight excluding hydrogens is 160 g/mol. The maximum Gasteiger partial charge on any atom is 0.106 e. The van der Waals surface area contributed by atoms with Crippen molar-refractivity contribution in [3.05, 3.63) is 30.4 Å². The van der Waals surface area contributed by atoms with E-state index in [4.69, 9.17) is 0 Å². The molecule has 0 aliphatic carbocycles. The van der Waals surface area contributed by atoms with E-state index in [-0.39, 0.29) is 5.41 Å². The fourth-order valence-electron chi connectivity index (χ4n) is 1.19. The summed E-state index contributed by atoms with van der Waals surface area (Å²) in [5.74, 6) is 1.06. The zero-order valence-corrected chi connectivity index (χ0v) is 8.96. The Bertz CT molecular complexity index is 302. The molecule has 2 nitrogen and oxygen atoms in total. The van der Waals surface area contributed by atoms with Gasteiger partial charge < -0.3 is 4.57 Å². The van der Waals surface area contributed by atoms with Crippen LogP contribution in [0.15, 0.2) is 18.9 Å². The van der Waals surface area contributed by atoms with Crippen LogP contribution in [0.2, 0.25) is 0 Å². The molecule has 1 heterocycles. The van der Waals surface area contributed by atoms with Gasteiger partial charge in [0, 0.05) is 18.2 Å². The van der Waals surface area contributed by atoms with Crippen LogP contribution in [0.3, 0.4) is 0 Å². The van der Waals surface area contributed by atoms with Gasteiger partial charge in [-0.3, -0.25) is 0 Å². The molecule has 0 amide bonds. The molecule has 1 rings (SSSR count). The van der Waals surface area contributed by atoms with Crippen LogP contribution in [-0.4, -0.2) is 9.55 Å².